The minimum Gasteiger partial charge on any atom is -0.359 e. The molecule has 0 heterocycles. The molecule has 48 valence electrons. The van der Waals surface area contributed by atoms with Crippen molar-refractivity contribution in [2.24, 2.45) is 5.73 Å². The van der Waals surface area contributed by atoms with Crippen LogP contribution >= 0.6 is 7.60 Å². The van der Waals surface area contributed by atoms with Crippen molar-refractivity contribution in [1.29, 1.82) is 0 Å². The monoisotopic (exact) mass is 139 g/mol. The van der Waals surface area contributed by atoms with Gasteiger partial charge in [-0.2, -0.15) is 0 Å². The zero-order valence-corrected chi connectivity index (χ0v) is 5.09. The van der Waals surface area contributed by atoms with E-state index >= 15 is 0 Å². The van der Waals surface area contributed by atoms with Crippen molar-refractivity contribution in [3.8, 4) is 0 Å². The summed E-state index contributed by atoms with van der Waals surface area (Å²) in [4.78, 5) is 18.1. The Kier molecular flexibility index (Phi) is 2.15. The second kappa shape index (κ2) is 2.26. The van der Waals surface area contributed by atoms with E-state index in [9.17, 15) is 9.36 Å². The van der Waals surface area contributed by atoms with Gasteiger partial charge in [0.05, 0.1) is 0 Å². The predicted octanol–water partition coefficient (Wildman–Crippen LogP) is -0.103. The molecule has 1 amide bonds. The van der Waals surface area contributed by atoms with Gasteiger partial charge in [-0.05, 0) is 0 Å². The van der Waals surface area contributed by atoms with Crippen molar-refractivity contribution >= 4 is 13.2 Å². The minimum atomic E-state index is -4.11. The molecule has 1 unspecified atom stereocenters. The molecule has 0 bridgehead atoms. The van der Waals surface area contributed by atoms with Crippen LogP contribution in [-0.4, -0.2) is 17.7 Å². The molecule has 0 aromatic rings. The summed E-state index contributed by atoms with van der Waals surface area (Å²) in [5.74, 6) is 0. The quantitative estimate of drug-likeness (QED) is 0.522. The average Bonchev–Trinajstić information content (AvgIpc) is 1.67. The molecular weight excluding hydrogens is 133 g/mol. The van der Waals surface area contributed by atoms with E-state index in [-0.39, 0.29) is 0 Å². The van der Waals surface area contributed by atoms with Gasteiger partial charge >= 0.3 is 13.2 Å². The van der Waals surface area contributed by atoms with E-state index in [0.717, 1.165) is 7.11 Å². The summed E-state index contributed by atoms with van der Waals surface area (Å²) < 4.78 is 14.0. The summed E-state index contributed by atoms with van der Waals surface area (Å²) in [6.07, 6.45) is 0. The van der Waals surface area contributed by atoms with Gasteiger partial charge in [0.2, 0.25) is 0 Å². The third-order valence-corrected chi connectivity index (χ3v) is 1.58. The number of hydrogen-bond donors (Lipinski definition) is 2. The SMILES string of the molecule is COP(=O)(O)C(N)=O. The van der Waals surface area contributed by atoms with Crippen molar-refractivity contribution in [2.75, 3.05) is 7.11 Å². The van der Waals surface area contributed by atoms with Crippen molar-refractivity contribution in [1.82, 2.24) is 0 Å². The van der Waals surface area contributed by atoms with Crippen LogP contribution in [0.1, 0.15) is 0 Å². The molecular formula is C2H6NO4P. The smallest absolute Gasteiger partial charge is 0.359 e. The molecule has 0 rings (SSSR count). The van der Waals surface area contributed by atoms with E-state index in [1.807, 2.05) is 0 Å². The second-order valence-electron chi connectivity index (χ2n) is 1.04. The van der Waals surface area contributed by atoms with Crippen LogP contribution in [0.4, 0.5) is 4.79 Å². The van der Waals surface area contributed by atoms with Gasteiger partial charge in [0.25, 0.3) is 0 Å². The zero-order chi connectivity index (χ0) is 6.78. The Morgan fingerprint density at radius 2 is 2.25 bits per heavy atom. The van der Waals surface area contributed by atoms with Gasteiger partial charge in [0.1, 0.15) is 0 Å². The Labute approximate surface area is 46.0 Å². The highest BCUT2D eigenvalue weighted by molar-refractivity contribution is 7.70. The molecule has 0 aromatic heterocycles. The second-order valence-corrected chi connectivity index (χ2v) is 2.89. The van der Waals surface area contributed by atoms with Gasteiger partial charge < -0.3 is 15.2 Å². The van der Waals surface area contributed by atoms with Crippen LogP contribution in [0.3, 0.4) is 0 Å². The summed E-state index contributed by atoms with van der Waals surface area (Å²) in [6, 6.07) is 0. The lowest BCUT2D eigenvalue weighted by atomic mass is 11.5. The van der Waals surface area contributed by atoms with Gasteiger partial charge in [-0.3, -0.25) is 4.79 Å². The Morgan fingerprint density at radius 3 is 2.25 bits per heavy atom. The number of carbonyl (C=O) groups is 1. The first kappa shape index (κ1) is 7.62. The lowest BCUT2D eigenvalue weighted by Crippen LogP contribution is -2.09. The zero-order valence-electron chi connectivity index (χ0n) is 4.20. The van der Waals surface area contributed by atoms with Crippen LogP contribution in [0.25, 0.3) is 0 Å². The standard InChI is InChI=1S/C2H6NO4P/c1-7-8(5,6)2(3)4/h1H3,(H2,3,4)(H,5,6). The Morgan fingerprint density at radius 1 is 1.88 bits per heavy atom. The van der Waals surface area contributed by atoms with E-state index < -0.39 is 13.2 Å². The number of nitrogens with two attached hydrogens (primary N) is 1. The molecule has 0 aliphatic rings. The van der Waals surface area contributed by atoms with E-state index in [2.05, 4.69) is 10.3 Å². The molecule has 0 saturated carbocycles. The molecule has 0 aromatic carbocycles. The molecule has 0 aliphatic heterocycles. The molecule has 0 saturated heterocycles. The fourth-order valence-corrected chi connectivity index (χ4v) is 0.270. The van der Waals surface area contributed by atoms with Crippen LogP contribution < -0.4 is 5.73 Å². The lowest BCUT2D eigenvalue weighted by Gasteiger charge is -2.00. The summed E-state index contributed by atoms with van der Waals surface area (Å²) in [6.45, 7) is 0. The van der Waals surface area contributed by atoms with E-state index in [1.165, 1.54) is 0 Å². The molecule has 8 heavy (non-hydrogen) atoms. The van der Waals surface area contributed by atoms with Crippen molar-refractivity contribution < 1.29 is 18.8 Å². The normalized spacial score (nSPS) is 17.2. The highest BCUT2D eigenvalue weighted by atomic mass is 31.2. The summed E-state index contributed by atoms with van der Waals surface area (Å²) in [7, 11) is -3.17. The van der Waals surface area contributed by atoms with E-state index in [4.69, 9.17) is 4.89 Å². The highest BCUT2D eigenvalue weighted by Gasteiger charge is 2.24. The molecule has 6 heteroatoms. The lowest BCUT2D eigenvalue weighted by molar-refractivity contribution is 0.249. The predicted molar refractivity (Wildman–Crippen MR) is 26.4 cm³/mol. The van der Waals surface area contributed by atoms with Gasteiger partial charge in [0.15, 0.2) is 0 Å². The van der Waals surface area contributed by atoms with Crippen LogP contribution in [0.15, 0.2) is 0 Å². The maximum atomic E-state index is 10.1. The first-order valence-corrected chi connectivity index (χ1v) is 3.27. The van der Waals surface area contributed by atoms with Gasteiger partial charge in [-0.25, -0.2) is 4.57 Å². The van der Waals surface area contributed by atoms with Gasteiger partial charge in [-0.1, -0.05) is 0 Å². The molecule has 1 atom stereocenters. The molecule has 3 N–H and O–H groups in total. The summed E-state index contributed by atoms with van der Waals surface area (Å²) in [5.41, 5.74) is 3.07. The summed E-state index contributed by atoms with van der Waals surface area (Å²) in [5, 5.41) is 0. The Bertz CT molecular complexity index is 143. The van der Waals surface area contributed by atoms with E-state index in [1.54, 1.807) is 0 Å². The third-order valence-electron chi connectivity index (χ3n) is 0.526. The number of primary amides is 1. The van der Waals surface area contributed by atoms with Gasteiger partial charge in [-0.15, -0.1) is 0 Å². The fourth-order valence-electron chi connectivity index (χ4n) is 0.0900. The van der Waals surface area contributed by atoms with Crippen LogP contribution in [0.5, 0.6) is 0 Å². The average molecular weight is 139 g/mol. The van der Waals surface area contributed by atoms with Crippen LogP contribution in [0.2, 0.25) is 0 Å². The third kappa shape index (κ3) is 1.61. The van der Waals surface area contributed by atoms with Crippen LogP contribution in [0, 0.1) is 0 Å². The molecule has 0 radical (unpaired) electrons. The Balaban J connectivity index is 4.15. The van der Waals surface area contributed by atoms with Gasteiger partial charge in [0, 0.05) is 7.11 Å². The topological polar surface area (TPSA) is 89.6 Å². The number of rotatable bonds is 2. The number of hydrogen-bond acceptors (Lipinski definition) is 3. The van der Waals surface area contributed by atoms with Crippen molar-refractivity contribution in [3.63, 3.8) is 0 Å². The maximum Gasteiger partial charge on any atom is 0.415 e. The first-order valence-electron chi connectivity index (χ1n) is 1.69. The first-order chi connectivity index (χ1) is 3.50. The summed E-state index contributed by atoms with van der Waals surface area (Å²) >= 11 is 0. The van der Waals surface area contributed by atoms with E-state index in [0.29, 0.717) is 0 Å². The highest BCUT2D eigenvalue weighted by Crippen LogP contribution is 2.39. The fraction of sp³-hybridized carbons (Fsp3) is 0.500. The molecule has 0 aliphatic carbocycles. The maximum absolute atomic E-state index is 10.1. The molecule has 0 spiro atoms. The van der Waals surface area contributed by atoms with Crippen molar-refractivity contribution in [2.45, 2.75) is 0 Å². The Hall–Kier alpha value is -0.380. The minimum absolute atomic E-state index is 0.936. The molecule has 5 nitrogen and oxygen atoms in total. The number of amides is 1. The van der Waals surface area contributed by atoms with Crippen molar-refractivity contribution in [3.05, 3.63) is 0 Å². The van der Waals surface area contributed by atoms with Crippen LogP contribution in [-0.2, 0) is 9.09 Å². The largest absolute Gasteiger partial charge is 0.415 e. The number of carbonyl (C=O) groups excluding carboxylic acids is 1. The molecule has 0 fully saturated rings.